The van der Waals surface area contributed by atoms with E-state index in [0.29, 0.717) is 13.2 Å². The van der Waals surface area contributed by atoms with Crippen molar-refractivity contribution in [3.8, 4) is 0 Å². The fourth-order valence-corrected chi connectivity index (χ4v) is 4.55. The van der Waals surface area contributed by atoms with E-state index in [1.165, 1.54) is 12.1 Å². The van der Waals surface area contributed by atoms with Gasteiger partial charge in [0.15, 0.2) is 11.4 Å². The lowest BCUT2D eigenvalue weighted by Crippen LogP contribution is -2.60. The monoisotopic (exact) mass is 423 g/mol. The van der Waals surface area contributed by atoms with Crippen molar-refractivity contribution < 1.29 is 33.2 Å². The van der Waals surface area contributed by atoms with Gasteiger partial charge in [-0.25, -0.2) is 4.39 Å². The summed E-state index contributed by atoms with van der Waals surface area (Å²) in [5, 5.41) is 13.7. The molecule has 7 nitrogen and oxygen atoms in total. The van der Waals surface area contributed by atoms with Crippen LogP contribution in [0, 0.1) is 5.82 Å². The van der Waals surface area contributed by atoms with Crippen molar-refractivity contribution in [3.63, 3.8) is 0 Å². The zero-order valence-corrected chi connectivity index (χ0v) is 17.4. The second-order valence-electron chi connectivity index (χ2n) is 8.87. The van der Waals surface area contributed by atoms with Crippen molar-refractivity contribution in [2.75, 3.05) is 13.2 Å². The van der Waals surface area contributed by atoms with E-state index in [1.807, 2.05) is 0 Å². The summed E-state index contributed by atoms with van der Waals surface area (Å²) in [5.74, 6) is -1.47. The largest absolute Gasteiger partial charge is 0.390 e. The van der Waals surface area contributed by atoms with E-state index in [-0.39, 0.29) is 37.3 Å². The van der Waals surface area contributed by atoms with Crippen LogP contribution in [0.3, 0.4) is 0 Å². The molecule has 0 bridgehead atoms. The predicted molar refractivity (Wildman–Crippen MR) is 105 cm³/mol. The van der Waals surface area contributed by atoms with Gasteiger partial charge < -0.3 is 29.4 Å². The van der Waals surface area contributed by atoms with Gasteiger partial charge in [0.05, 0.1) is 24.9 Å². The molecule has 1 saturated carbocycles. The topological polar surface area (TPSA) is 86.2 Å². The molecule has 1 amide bonds. The molecule has 5 atom stereocenters. The zero-order chi connectivity index (χ0) is 21.4. The number of aliphatic hydroxyl groups is 1. The van der Waals surface area contributed by atoms with E-state index in [9.17, 15) is 14.3 Å². The van der Waals surface area contributed by atoms with E-state index in [1.54, 1.807) is 26.0 Å². The molecule has 1 aliphatic carbocycles. The molecule has 4 rings (SSSR count). The van der Waals surface area contributed by atoms with Gasteiger partial charge in [-0.05, 0) is 44.4 Å². The molecular weight excluding hydrogens is 393 g/mol. The summed E-state index contributed by atoms with van der Waals surface area (Å²) < 4.78 is 36.8. The maximum Gasteiger partial charge on any atom is 0.252 e. The van der Waals surface area contributed by atoms with Crippen LogP contribution in [0.4, 0.5) is 4.39 Å². The number of ether oxygens (including phenoxy) is 4. The Morgan fingerprint density at radius 3 is 2.73 bits per heavy atom. The molecule has 2 heterocycles. The maximum atomic E-state index is 13.3. The first-order chi connectivity index (χ1) is 14.3. The Morgan fingerprint density at radius 1 is 1.27 bits per heavy atom. The molecule has 0 radical (unpaired) electrons. The summed E-state index contributed by atoms with van der Waals surface area (Å²) in [6, 6.07) is 5.94. The molecule has 1 aromatic rings. The van der Waals surface area contributed by atoms with Crippen molar-refractivity contribution in [3.05, 3.63) is 35.6 Å². The molecule has 2 N–H and O–H groups in total. The number of amides is 1. The molecule has 1 aromatic carbocycles. The number of fused-ring (bicyclic) bond motifs is 1. The molecular formula is C22H30FNO6. The molecule has 166 valence electrons. The third-order valence-electron chi connectivity index (χ3n) is 6.03. The van der Waals surface area contributed by atoms with Gasteiger partial charge in [-0.3, -0.25) is 4.79 Å². The van der Waals surface area contributed by atoms with Crippen LogP contribution in [-0.4, -0.2) is 60.0 Å². The minimum Gasteiger partial charge on any atom is -0.390 e. The van der Waals surface area contributed by atoms with Crippen LogP contribution in [-0.2, 0) is 30.3 Å². The van der Waals surface area contributed by atoms with Gasteiger partial charge in [-0.1, -0.05) is 12.1 Å². The zero-order valence-electron chi connectivity index (χ0n) is 17.4. The van der Waals surface area contributed by atoms with Crippen LogP contribution in [0.25, 0.3) is 0 Å². The molecule has 8 heteroatoms. The SMILES string of the molecule is CC1(C)O[C@H]2[C@H](O)C[C@](OCc3ccc(F)cc3)(C(=O)NC[C@@H]3CCCO3)C[C@H]2O1. The van der Waals surface area contributed by atoms with Crippen LogP contribution in [0.1, 0.15) is 45.1 Å². The Hall–Kier alpha value is -1.58. The number of carbonyl (C=O) groups is 1. The molecule has 2 saturated heterocycles. The number of aliphatic hydroxyl groups excluding tert-OH is 1. The highest BCUT2D eigenvalue weighted by molar-refractivity contribution is 5.85. The number of nitrogens with one attached hydrogen (secondary N) is 1. The highest BCUT2D eigenvalue weighted by Crippen LogP contribution is 2.43. The lowest BCUT2D eigenvalue weighted by atomic mass is 9.78. The first kappa shape index (κ1) is 21.6. The van der Waals surface area contributed by atoms with Gasteiger partial charge in [-0.2, -0.15) is 0 Å². The predicted octanol–water partition coefficient (Wildman–Crippen LogP) is 2.05. The van der Waals surface area contributed by atoms with E-state index < -0.39 is 29.7 Å². The fourth-order valence-electron chi connectivity index (χ4n) is 4.55. The van der Waals surface area contributed by atoms with Crippen molar-refractivity contribution in [2.45, 2.75) is 81.9 Å². The Labute approximate surface area is 175 Å². The lowest BCUT2D eigenvalue weighted by Gasteiger charge is -2.42. The van der Waals surface area contributed by atoms with Gasteiger partial charge in [0.1, 0.15) is 11.9 Å². The molecule has 30 heavy (non-hydrogen) atoms. The van der Waals surface area contributed by atoms with Crippen LogP contribution in [0.15, 0.2) is 24.3 Å². The van der Waals surface area contributed by atoms with Crippen molar-refractivity contribution in [1.29, 1.82) is 0 Å². The van der Waals surface area contributed by atoms with Crippen molar-refractivity contribution >= 4 is 5.91 Å². The van der Waals surface area contributed by atoms with Crippen LogP contribution < -0.4 is 5.32 Å². The van der Waals surface area contributed by atoms with E-state index in [2.05, 4.69) is 5.32 Å². The molecule has 3 fully saturated rings. The summed E-state index contributed by atoms with van der Waals surface area (Å²) in [5.41, 5.74) is -0.541. The maximum absolute atomic E-state index is 13.3. The number of halogens is 1. The summed E-state index contributed by atoms with van der Waals surface area (Å²) in [4.78, 5) is 13.3. The first-order valence-electron chi connectivity index (χ1n) is 10.6. The quantitative estimate of drug-likeness (QED) is 0.729. The third kappa shape index (κ3) is 4.68. The van der Waals surface area contributed by atoms with Crippen molar-refractivity contribution in [1.82, 2.24) is 5.32 Å². The highest BCUT2D eigenvalue weighted by atomic mass is 19.1. The molecule has 0 unspecified atom stereocenters. The summed E-state index contributed by atoms with van der Waals surface area (Å²) >= 11 is 0. The number of benzene rings is 1. The summed E-state index contributed by atoms with van der Waals surface area (Å²) in [6.07, 6.45) is 0.348. The molecule has 2 aliphatic heterocycles. The van der Waals surface area contributed by atoms with Gasteiger partial charge in [0.25, 0.3) is 5.91 Å². The van der Waals surface area contributed by atoms with E-state index in [4.69, 9.17) is 18.9 Å². The standard InChI is InChI=1S/C22H30FNO6/c1-21(2)29-18-11-22(10-17(25)19(18)30-21,20(26)24-12-16-4-3-9-27-16)28-13-14-5-7-15(23)8-6-14/h5-8,16-19,25H,3-4,9-13H2,1-2H3,(H,24,26)/t16-,17+,18+,19-,22+/m0/s1. The first-order valence-corrected chi connectivity index (χ1v) is 10.6. The highest BCUT2D eigenvalue weighted by Gasteiger charge is 2.57. The minimum atomic E-state index is -1.28. The van der Waals surface area contributed by atoms with E-state index in [0.717, 1.165) is 18.4 Å². The summed E-state index contributed by atoms with van der Waals surface area (Å²) in [6.45, 7) is 4.79. The van der Waals surface area contributed by atoms with Crippen LogP contribution in [0.5, 0.6) is 0 Å². The summed E-state index contributed by atoms with van der Waals surface area (Å²) in [7, 11) is 0. The van der Waals surface area contributed by atoms with Crippen LogP contribution in [0.2, 0.25) is 0 Å². The number of hydrogen-bond acceptors (Lipinski definition) is 6. The molecule has 0 spiro atoms. The number of hydrogen-bond donors (Lipinski definition) is 2. The van der Waals surface area contributed by atoms with Gasteiger partial charge in [0.2, 0.25) is 0 Å². The smallest absolute Gasteiger partial charge is 0.252 e. The Bertz CT molecular complexity index is 750. The average molecular weight is 423 g/mol. The lowest BCUT2D eigenvalue weighted by molar-refractivity contribution is -0.175. The van der Waals surface area contributed by atoms with Gasteiger partial charge in [-0.15, -0.1) is 0 Å². The average Bonchev–Trinajstić information content (AvgIpc) is 3.32. The van der Waals surface area contributed by atoms with Gasteiger partial charge >= 0.3 is 0 Å². The van der Waals surface area contributed by atoms with Crippen molar-refractivity contribution in [2.24, 2.45) is 0 Å². The van der Waals surface area contributed by atoms with E-state index >= 15 is 0 Å². The Kier molecular flexibility index (Phi) is 6.14. The van der Waals surface area contributed by atoms with Gasteiger partial charge in [0, 0.05) is 26.0 Å². The second-order valence-corrected chi connectivity index (χ2v) is 8.87. The minimum absolute atomic E-state index is 0.00522. The Balaban J connectivity index is 1.51. The van der Waals surface area contributed by atoms with Crippen LogP contribution >= 0.6 is 0 Å². The third-order valence-corrected chi connectivity index (χ3v) is 6.03. The Morgan fingerprint density at radius 2 is 2.03 bits per heavy atom. The number of carbonyl (C=O) groups excluding carboxylic acids is 1. The fraction of sp³-hybridized carbons (Fsp3) is 0.682. The molecule has 0 aromatic heterocycles. The number of rotatable bonds is 6. The molecule has 3 aliphatic rings. The normalized spacial score (nSPS) is 35.2. The second kappa shape index (κ2) is 8.51.